The summed E-state index contributed by atoms with van der Waals surface area (Å²) in [7, 11) is 1.68. The van der Waals surface area contributed by atoms with Crippen LogP contribution in [0.2, 0.25) is 0 Å². The van der Waals surface area contributed by atoms with Crippen molar-refractivity contribution in [1.82, 2.24) is 24.6 Å². The number of ether oxygens (including phenoxy) is 1. The van der Waals surface area contributed by atoms with Gasteiger partial charge in [0, 0.05) is 42.7 Å². The molecule has 0 atom stereocenters. The van der Waals surface area contributed by atoms with E-state index in [4.69, 9.17) is 15.0 Å². The molecule has 0 aliphatic carbocycles. The van der Waals surface area contributed by atoms with Gasteiger partial charge in [0.1, 0.15) is 23.2 Å². The van der Waals surface area contributed by atoms with E-state index < -0.39 is 0 Å². The average molecular weight is 427 g/mol. The number of benzene rings is 1. The predicted octanol–water partition coefficient (Wildman–Crippen LogP) is 3.67. The van der Waals surface area contributed by atoms with Gasteiger partial charge in [-0.2, -0.15) is 5.26 Å². The van der Waals surface area contributed by atoms with Gasteiger partial charge < -0.3 is 19.4 Å². The van der Waals surface area contributed by atoms with Crippen LogP contribution in [0.15, 0.2) is 54.7 Å². The van der Waals surface area contributed by atoms with Gasteiger partial charge in [-0.25, -0.2) is 4.98 Å². The van der Waals surface area contributed by atoms with Gasteiger partial charge >= 0.3 is 0 Å². The molecule has 1 fully saturated rings. The van der Waals surface area contributed by atoms with Gasteiger partial charge in [0.05, 0.1) is 18.5 Å². The summed E-state index contributed by atoms with van der Waals surface area (Å²) < 4.78 is 7.53. The third kappa shape index (κ3) is 3.98. The molecule has 1 saturated heterocycles. The van der Waals surface area contributed by atoms with Crippen molar-refractivity contribution in [3.63, 3.8) is 0 Å². The second-order valence-electron chi connectivity index (χ2n) is 8.06. The molecule has 1 aliphatic heterocycles. The number of aromatic amines is 1. The first-order valence-electron chi connectivity index (χ1n) is 10.9. The zero-order chi connectivity index (χ0) is 21.9. The maximum atomic E-state index is 9.17. The quantitative estimate of drug-likeness (QED) is 0.509. The fourth-order valence-corrected chi connectivity index (χ4v) is 4.28. The molecule has 0 spiro atoms. The number of nitriles is 1. The van der Waals surface area contributed by atoms with Crippen LogP contribution in [0.1, 0.15) is 17.8 Å². The standard InChI is InChI=1S/C25H26N6O/c1-32-21-7-3-18(4-8-21)25-23(17-30-13-2-11-27-12-14-30)31-16-19(5-10-24(31)29-25)22-9-6-20(15-26)28-22/h3-10,16,27-28H,2,11-14,17H2,1H3. The van der Waals surface area contributed by atoms with Crippen molar-refractivity contribution in [2.45, 2.75) is 13.0 Å². The zero-order valence-corrected chi connectivity index (χ0v) is 18.1. The molecule has 4 heterocycles. The van der Waals surface area contributed by atoms with Crippen molar-refractivity contribution >= 4 is 5.65 Å². The molecule has 32 heavy (non-hydrogen) atoms. The van der Waals surface area contributed by atoms with E-state index in [1.165, 1.54) is 5.69 Å². The summed E-state index contributed by atoms with van der Waals surface area (Å²) in [5.41, 5.74) is 6.65. The molecule has 7 nitrogen and oxygen atoms in total. The summed E-state index contributed by atoms with van der Waals surface area (Å²) in [6.45, 7) is 4.95. The molecule has 3 aromatic heterocycles. The van der Waals surface area contributed by atoms with Crippen LogP contribution in [0.4, 0.5) is 0 Å². The van der Waals surface area contributed by atoms with Crippen LogP contribution in [-0.2, 0) is 6.54 Å². The van der Waals surface area contributed by atoms with Crippen molar-refractivity contribution in [3.8, 4) is 34.3 Å². The average Bonchev–Trinajstić information content (AvgIpc) is 3.36. The molecule has 0 unspecified atom stereocenters. The highest BCUT2D eigenvalue weighted by Gasteiger charge is 2.19. The van der Waals surface area contributed by atoms with Crippen LogP contribution in [0.5, 0.6) is 5.75 Å². The van der Waals surface area contributed by atoms with Crippen LogP contribution in [0.25, 0.3) is 28.2 Å². The fraction of sp³-hybridized carbons (Fsp3) is 0.280. The lowest BCUT2D eigenvalue weighted by Gasteiger charge is -2.20. The van der Waals surface area contributed by atoms with E-state index in [-0.39, 0.29) is 0 Å². The van der Waals surface area contributed by atoms with Gasteiger partial charge in [-0.05, 0) is 68.0 Å². The molecule has 0 radical (unpaired) electrons. The molecule has 5 rings (SSSR count). The highest BCUT2D eigenvalue weighted by atomic mass is 16.5. The molecular formula is C25H26N6O. The molecular weight excluding hydrogens is 400 g/mol. The van der Waals surface area contributed by atoms with E-state index in [1.54, 1.807) is 13.2 Å². The lowest BCUT2D eigenvalue weighted by atomic mass is 10.1. The maximum absolute atomic E-state index is 9.17. The smallest absolute Gasteiger partial charge is 0.137 e. The normalized spacial score (nSPS) is 14.9. The molecule has 2 N–H and O–H groups in total. The second-order valence-corrected chi connectivity index (χ2v) is 8.06. The summed E-state index contributed by atoms with van der Waals surface area (Å²) in [6, 6.07) is 18.1. The molecule has 0 bridgehead atoms. The highest BCUT2D eigenvalue weighted by molar-refractivity contribution is 5.70. The first kappa shape index (κ1) is 20.3. The predicted molar refractivity (Wildman–Crippen MR) is 124 cm³/mol. The van der Waals surface area contributed by atoms with Gasteiger partial charge in [0.15, 0.2) is 0 Å². The molecule has 162 valence electrons. The Bertz CT molecular complexity index is 1260. The van der Waals surface area contributed by atoms with Gasteiger partial charge in [0.2, 0.25) is 0 Å². The Morgan fingerprint density at radius 2 is 1.88 bits per heavy atom. The third-order valence-electron chi connectivity index (χ3n) is 6.00. The number of rotatable bonds is 5. The number of fused-ring (bicyclic) bond motifs is 1. The van der Waals surface area contributed by atoms with Gasteiger partial charge in [-0.3, -0.25) is 4.90 Å². The molecule has 0 saturated carbocycles. The van der Waals surface area contributed by atoms with Gasteiger partial charge in [-0.1, -0.05) is 0 Å². The number of H-pyrrole nitrogens is 1. The first-order valence-corrected chi connectivity index (χ1v) is 10.9. The SMILES string of the molecule is COc1ccc(-c2nc3ccc(-c4ccc(C#N)[nH]4)cn3c2CN2CCCNCC2)cc1. The largest absolute Gasteiger partial charge is 0.497 e. The fourth-order valence-electron chi connectivity index (χ4n) is 4.28. The summed E-state index contributed by atoms with van der Waals surface area (Å²) in [4.78, 5) is 10.7. The topological polar surface area (TPSA) is 81.4 Å². The Kier molecular flexibility index (Phi) is 5.63. The molecule has 1 aromatic carbocycles. The van der Waals surface area contributed by atoms with Crippen LogP contribution >= 0.6 is 0 Å². The first-order chi connectivity index (χ1) is 15.7. The summed E-state index contributed by atoms with van der Waals surface area (Å²) in [5, 5.41) is 12.7. The zero-order valence-electron chi connectivity index (χ0n) is 18.1. The Hall–Kier alpha value is -3.60. The third-order valence-corrected chi connectivity index (χ3v) is 6.00. The van der Waals surface area contributed by atoms with E-state index in [2.05, 4.69) is 44.0 Å². The Balaban J connectivity index is 1.61. The summed E-state index contributed by atoms with van der Waals surface area (Å²) >= 11 is 0. The Morgan fingerprint density at radius 3 is 2.66 bits per heavy atom. The van der Waals surface area contributed by atoms with Crippen LogP contribution < -0.4 is 10.1 Å². The van der Waals surface area contributed by atoms with Gasteiger partial charge in [-0.15, -0.1) is 0 Å². The number of hydrogen-bond donors (Lipinski definition) is 2. The molecule has 7 heteroatoms. The van der Waals surface area contributed by atoms with E-state index in [0.29, 0.717) is 5.69 Å². The van der Waals surface area contributed by atoms with E-state index in [9.17, 15) is 0 Å². The van der Waals surface area contributed by atoms with E-state index in [0.717, 1.165) is 73.1 Å². The van der Waals surface area contributed by atoms with E-state index >= 15 is 0 Å². The lowest BCUT2D eigenvalue weighted by molar-refractivity contribution is 0.281. The van der Waals surface area contributed by atoms with Crippen molar-refractivity contribution in [1.29, 1.82) is 5.26 Å². The number of imidazole rings is 1. The van der Waals surface area contributed by atoms with Crippen LogP contribution in [-0.4, -0.2) is 52.6 Å². The highest BCUT2D eigenvalue weighted by Crippen LogP contribution is 2.29. The minimum Gasteiger partial charge on any atom is -0.497 e. The summed E-state index contributed by atoms with van der Waals surface area (Å²) in [5.74, 6) is 0.833. The molecule has 0 amide bonds. The number of pyridine rings is 1. The van der Waals surface area contributed by atoms with Crippen molar-refractivity contribution in [2.24, 2.45) is 0 Å². The monoisotopic (exact) mass is 426 g/mol. The van der Waals surface area contributed by atoms with Crippen LogP contribution in [0.3, 0.4) is 0 Å². The number of hydrogen-bond acceptors (Lipinski definition) is 5. The number of nitrogens with zero attached hydrogens (tertiary/aromatic N) is 4. The minimum atomic E-state index is 0.557. The van der Waals surface area contributed by atoms with Gasteiger partial charge in [0.25, 0.3) is 0 Å². The van der Waals surface area contributed by atoms with Crippen LogP contribution in [0, 0.1) is 11.3 Å². The molecule has 4 aromatic rings. The van der Waals surface area contributed by atoms with Crippen molar-refractivity contribution < 1.29 is 4.74 Å². The van der Waals surface area contributed by atoms with Crippen molar-refractivity contribution in [3.05, 3.63) is 66.1 Å². The number of methoxy groups -OCH3 is 1. The maximum Gasteiger partial charge on any atom is 0.137 e. The number of aromatic nitrogens is 3. The van der Waals surface area contributed by atoms with E-state index in [1.807, 2.05) is 30.3 Å². The minimum absolute atomic E-state index is 0.557. The lowest BCUT2D eigenvalue weighted by Crippen LogP contribution is -2.28. The molecule has 1 aliphatic rings. The van der Waals surface area contributed by atoms with Crippen molar-refractivity contribution in [2.75, 3.05) is 33.3 Å². The second kappa shape index (κ2) is 8.87. The Morgan fingerprint density at radius 1 is 1.03 bits per heavy atom. The number of nitrogens with one attached hydrogen (secondary N) is 2. The Labute approximate surface area is 187 Å². The summed E-state index contributed by atoms with van der Waals surface area (Å²) in [6.07, 6.45) is 3.26.